The summed E-state index contributed by atoms with van der Waals surface area (Å²) in [6.07, 6.45) is 0. The van der Waals surface area contributed by atoms with Gasteiger partial charge in [0.2, 0.25) is 0 Å². The normalized spacial score (nSPS) is 13.3. The SMILES string of the molecule is CCOc1ccc(N2C(=O)C(Nc3cccc(OCC)c3)=C(c3ccc(OC)cc3)C2=O)cc1. The van der Waals surface area contributed by atoms with E-state index in [4.69, 9.17) is 14.2 Å². The van der Waals surface area contributed by atoms with Crippen molar-refractivity contribution in [3.8, 4) is 17.2 Å². The molecule has 0 unspecified atom stereocenters. The molecule has 0 spiro atoms. The van der Waals surface area contributed by atoms with E-state index in [-0.39, 0.29) is 11.3 Å². The number of nitrogens with one attached hydrogen (secondary N) is 1. The summed E-state index contributed by atoms with van der Waals surface area (Å²) in [6.45, 7) is 4.84. The molecule has 1 N–H and O–H groups in total. The largest absolute Gasteiger partial charge is 0.497 e. The van der Waals surface area contributed by atoms with Crippen LogP contribution in [0.3, 0.4) is 0 Å². The molecule has 1 aliphatic heterocycles. The van der Waals surface area contributed by atoms with E-state index in [0.717, 1.165) is 0 Å². The first kappa shape index (κ1) is 22.9. The van der Waals surface area contributed by atoms with E-state index in [2.05, 4.69) is 5.32 Å². The molecule has 0 radical (unpaired) electrons. The van der Waals surface area contributed by atoms with Gasteiger partial charge < -0.3 is 19.5 Å². The van der Waals surface area contributed by atoms with Crippen LogP contribution in [0.2, 0.25) is 0 Å². The minimum absolute atomic E-state index is 0.192. The summed E-state index contributed by atoms with van der Waals surface area (Å²) in [5.74, 6) is 1.13. The van der Waals surface area contributed by atoms with E-state index >= 15 is 0 Å². The van der Waals surface area contributed by atoms with Crippen LogP contribution in [0.15, 0.2) is 78.5 Å². The highest BCUT2D eigenvalue weighted by atomic mass is 16.5. The lowest BCUT2D eigenvalue weighted by Gasteiger charge is -2.16. The molecule has 174 valence electrons. The van der Waals surface area contributed by atoms with Crippen LogP contribution in [0.4, 0.5) is 11.4 Å². The molecule has 7 heteroatoms. The Morgan fingerprint density at radius 2 is 1.41 bits per heavy atom. The third kappa shape index (κ3) is 4.59. The second-order valence-electron chi connectivity index (χ2n) is 7.44. The van der Waals surface area contributed by atoms with Crippen molar-refractivity contribution in [2.24, 2.45) is 0 Å². The summed E-state index contributed by atoms with van der Waals surface area (Å²) in [7, 11) is 1.57. The van der Waals surface area contributed by atoms with Crippen LogP contribution in [0, 0.1) is 0 Å². The van der Waals surface area contributed by atoms with Crippen molar-refractivity contribution in [2.75, 3.05) is 30.5 Å². The molecule has 0 bridgehead atoms. The van der Waals surface area contributed by atoms with Gasteiger partial charge in [0.15, 0.2) is 0 Å². The Morgan fingerprint density at radius 3 is 2.06 bits per heavy atom. The number of rotatable bonds is 9. The summed E-state index contributed by atoms with van der Waals surface area (Å²) >= 11 is 0. The minimum atomic E-state index is -0.443. The third-order valence-electron chi connectivity index (χ3n) is 5.28. The van der Waals surface area contributed by atoms with Crippen LogP contribution in [0.5, 0.6) is 17.2 Å². The Kier molecular flexibility index (Phi) is 6.82. The lowest BCUT2D eigenvalue weighted by molar-refractivity contribution is -0.120. The van der Waals surface area contributed by atoms with Gasteiger partial charge in [-0.3, -0.25) is 9.59 Å². The van der Waals surface area contributed by atoms with Crippen molar-refractivity contribution in [1.82, 2.24) is 0 Å². The van der Waals surface area contributed by atoms with E-state index < -0.39 is 11.8 Å². The minimum Gasteiger partial charge on any atom is -0.497 e. The molecule has 0 aromatic heterocycles. The number of methoxy groups -OCH3 is 1. The Hall–Kier alpha value is -4.26. The van der Waals surface area contributed by atoms with E-state index in [1.807, 2.05) is 32.0 Å². The highest BCUT2D eigenvalue weighted by Crippen LogP contribution is 2.35. The van der Waals surface area contributed by atoms with Crippen LogP contribution < -0.4 is 24.4 Å². The number of carbonyl (C=O) groups excluding carboxylic acids is 2. The molecule has 7 nitrogen and oxygen atoms in total. The Morgan fingerprint density at radius 1 is 0.765 bits per heavy atom. The fourth-order valence-corrected chi connectivity index (χ4v) is 3.74. The third-order valence-corrected chi connectivity index (χ3v) is 5.28. The van der Waals surface area contributed by atoms with Gasteiger partial charge in [-0.1, -0.05) is 18.2 Å². The molecule has 0 saturated heterocycles. The summed E-state index contributed by atoms with van der Waals surface area (Å²) in [5.41, 5.74) is 2.18. The maximum Gasteiger partial charge on any atom is 0.282 e. The van der Waals surface area contributed by atoms with Crippen molar-refractivity contribution in [1.29, 1.82) is 0 Å². The lowest BCUT2D eigenvalue weighted by Crippen LogP contribution is -2.32. The molecule has 3 aromatic carbocycles. The molecule has 1 heterocycles. The van der Waals surface area contributed by atoms with Crippen molar-refractivity contribution >= 4 is 28.8 Å². The van der Waals surface area contributed by atoms with Gasteiger partial charge in [-0.2, -0.15) is 0 Å². The smallest absolute Gasteiger partial charge is 0.282 e. The first-order valence-electron chi connectivity index (χ1n) is 11.1. The van der Waals surface area contributed by atoms with Gasteiger partial charge in [0.1, 0.15) is 22.9 Å². The number of benzene rings is 3. The van der Waals surface area contributed by atoms with Gasteiger partial charge >= 0.3 is 0 Å². The van der Waals surface area contributed by atoms with Crippen molar-refractivity contribution in [3.05, 3.63) is 84.1 Å². The second-order valence-corrected chi connectivity index (χ2v) is 7.44. The number of ether oxygens (including phenoxy) is 3. The maximum absolute atomic E-state index is 13.6. The van der Waals surface area contributed by atoms with E-state index in [1.54, 1.807) is 61.7 Å². The van der Waals surface area contributed by atoms with Gasteiger partial charge in [0.05, 0.1) is 31.6 Å². The van der Waals surface area contributed by atoms with E-state index in [9.17, 15) is 9.59 Å². The van der Waals surface area contributed by atoms with Crippen LogP contribution in [0.25, 0.3) is 5.57 Å². The predicted octanol–water partition coefficient (Wildman–Crippen LogP) is 4.89. The molecule has 4 rings (SSSR count). The standard InChI is InChI=1S/C27H26N2O5/c1-4-33-22-15-11-20(12-16-22)29-26(30)24(18-9-13-21(32-3)14-10-18)25(27(29)31)28-19-7-6-8-23(17-19)34-5-2/h6-17,28H,4-5H2,1-3H3. The molecule has 0 aliphatic carbocycles. The maximum atomic E-state index is 13.6. The number of anilines is 2. The topological polar surface area (TPSA) is 77.1 Å². The number of amides is 2. The highest BCUT2D eigenvalue weighted by molar-refractivity contribution is 6.46. The molecular weight excluding hydrogens is 432 g/mol. The summed E-state index contributed by atoms with van der Waals surface area (Å²) in [5, 5.41) is 3.16. The van der Waals surface area contributed by atoms with Gasteiger partial charge in [0.25, 0.3) is 11.8 Å². The zero-order valence-electron chi connectivity index (χ0n) is 19.3. The average molecular weight is 459 g/mol. The molecular formula is C27H26N2O5. The summed E-state index contributed by atoms with van der Waals surface area (Å²) < 4.78 is 16.3. The Balaban J connectivity index is 1.75. The molecule has 34 heavy (non-hydrogen) atoms. The van der Waals surface area contributed by atoms with Crippen molar-refractivity contribution in [3.63, 3.8) is 0 Å². The Labute approximate surface area is 198 Å². The molecule has 1 aliphatic rings. The molecule has 0 saturated carbocycles. The Bertz CT molecular complexity index is 1220. The molecule has 0 fully saturated rings. The first-order valence-corrected chi connectivity index (χ1v) is 11.1. The lowest BCUT2D eigenvalue weighted by atomic mass is 10.0. The number of imide groups is 1. The van der Waals surface area contributed by atoms with Gasteiger partial charge in [-0.15, -0.1) is 0 Å². The highest BCUT2D eigenvalue weighted by Gasteiger charge is 2.40. The number of carbonyl (C=O) groups is 2. The fraction of sp³-hybridized carbons (Fsp3) is 0.185. The van der Waals surface area contributed by atoms with Crippen molar-refractivity contribution in [2.45, 2.75) is 13.8 Å². The monoisotopic (exact) mass is 458 g/mol. The van der Waals surface area contributed by atoms with E-state index in [0.29, 0.717) is 47.4 Å². The number of nitrogens with zero attached hydrogens (tertiary/aromatic N) is 1. The fourth-order valence-electron chi connectivity index (χ4n) is 3.74. The van der Waals surface area contributed by atoms with E-state index in [1.165, 1.54) is 4.90 Å². The van der Waals surface area contributed by atoms with Gasteiger partial charge in [-0.25, -0.2) is 4.90 Å². The van der Waals surface area contributed by atoms with Crippen LogP contribution in [-0.4, -0.2) is 32.1 Å². The molecule has 0 atom stereocenters. The zero-order chi connectivity index (χ0) is 24.1. The van der Waals surface area contributed by atoms with Crippen molar-refractivity contribution < 1.29 is 23.8 Å². The van der Waals surface area contributed by atoms with Crippen LogP contribution >= 0.6 is 0 Å². The van der Waals surface area contributed by atoms with Gasteiger partial charge in [-0.05, 0) is 67.9 Å². The summed E-state index contributed by atoms with van der Waals surface area (Å²) in [4.78, 5) is 28.3. The van der Waals surface area contributed by atoms with Gasteiger partial charge in [0, 0.05) is 11.8 Å². The second kappa shape index (κ2) is 10.1. The average Bonchev–Trinajstić information content (AvgIpc) is 3.09. The number of hydrogen-bond donors (Lipinski definition) is 1. The zero-order valence-corrected chi connectivity index (χ0v) is 19.3. The predicted molar refractivity (Wildman–Crippen MR) is 131 cm³/mol. The first-order chi connectivity index (χ1) is 16.5. The van der Waals surface area contributed by atoms with Crippen LogP contribution in [-0.2, 0) is 9.59 Å². The summed E-state index contributed by atoms with van der Waals surface area (Å²) in [6, 6.07) is 21.2. The number of hydrogen-bond acceptors (Lipinski definition) is 6. The quantitative estimate of drug-likeness (QED) is 0.460. The molecule has 2 amide bonds. The van der Waals surface area contributed by atoms with Crippen LogP contribution in [0.1, 0.15) is 19.4 Å². The molecule has 3 aromatic rings.